The number of anilines is 1. The molecule has 33 heavy (non-hydrogen) atoms. The molecule has 6 nitrogen and oxygen atoms in total. The van der Waals surface area contributed by atoms with Crippen LogP contribution in [0.25, 0.3) is 0 Å². The lowest BCUT2D eigenvalue weighted by Crippen LogP contribution is -2.46. The van der Waals surface area contributed by atoms with E-state index in [0.717, 1.165) is 35.6 Å². The molecule has 0 bridgehead atoms. The summed E-state index contributed by atoms with van der Waals surface area (Å²) >= 11 is 0. The van der Waals surface area contributed by atoms with E-state index in [1.165, 1.54) is 6.42 Å². The van der Waals surface area contributed by atoms with Crippen LogP contribution in [0.2, 0.25) is 0 Å². The van der Waals surface area contributed by atoms with Crippen LogP contribution in [0.5, 0.6) is 11.5 Å². The Morgan fingerprint density at radius 2 is 1.55 bits per heavy atom. The minimum atomic E-state index is -0.461. The van der Waals surface area contributed by atoms with Crippen LogP contribution < -0.4 is 19.7 Å². The Bertz CT molecular complexity index is 973. The summed E-state index contributed by atoms with van der Waals surface area (Å²) in [7, 11) is 3.24. The van der Waals surface area contributed by atoms with Gasteiger partial charge in [0.15, 0.2) is 0 Å². The number of amides is 2. The zero-order valence-electron chi connectivity index (χ0n) is 19.9. The fraction of sp³-hybridized carbons (Fsp3) is 0.481. The molecule has 6 heteroatoms. The quantitative estimate of drug-likeness (QED) is 0.690. The molecule has 1 saturated heterocycles. The van der Waals surface area contributed by atoms with Crippen molar-refractivity contribution in [1.29, 1.82) is 0 Å². The number of nitrogens with one attached hydrogen (secondary N) is 1. The number of hydrogen-bond acceptors (Lipinski definition) is 4. The van der Waals surface area contributed by atoms with Gasteiger partial charge in [0.2, 0.25) is 11.8 Å². The number of benzene rings is 2. The van der Waals surface area contributed by atoms with E-state index in [0.29, 0.717) is 11.8 Å². The lowest BCUT2D eigenvalue weighted by Gasteiger charge is -2.36. The second-order valence-corrected chi connectivity index (χ2v) is 9.37. The number of nitrogens with zero attached hydrogens (tertiary/aromatic N) is 1. The van der Waals surface area contributed by atoms with Gasteiger partial charge in [-0.3, -0.25) is 9.59 Å². The number of carbonyl (C=O) groups is 2. The van der Waals surface area contributed by atoms with Crippen molar-refractivity contribution in [3.05, 3.63) is 54.1 Å². The second-order valence-electron chi connectivity index (χ2n) is 9.37. The van der Waals surface area contributed by atoms with Gasteiger partial charge in [-0.1, -0.05) is 38.8 Å². The number of hydrogen-bond donors (Lipinski definition) is 1. The molecule has 2 aromatic rings. The van der Waals surface area contributed by atoms with Crippen molar-refractivity contribution in [2.45, 2.75) is 51.6 Å². The molecule has 4 rings (SSSR count). The molecule has 2 amide bonds. The summed E-state index contributed by atoms with van der Waals surface area (Å²) in [5.41, 5.74) is 1.68. The number of ether oxygens (including phenoxy) is 2. The molecule has 0 radical (unpaired) electrons. The van der Waals surface area contributed by atoms with Crippen LogP contribution in [0.3, 0.4) is 0 Å². The Labute approximate surface area is 196 Å². The molecule has 0 unspecified atom stereocenters. The van der Waals surface area contributed by atoms with Crippen molar-refractivity contribution in [3.63, 3.8) is 0 Å². The Hall–Kier alpha value is -3.02. The average Bonchev–Trinajstić information content (AvgIpc) is 3.19. The summed E-state index contributed by atoms with van der Waals surface area (Å²) < 4.78 is 10.6. The van der Waals surface area contributed by atoms with E-state index in [1.807, 2.05) is 48.5 Å². The fourth-order valence-electron chi connectivity index (χ4n) is 5.27. The van der Waals surface area contributed by atoms with Crippen LogP contribution >= 0.6 is 0 Å². The van der Waals surface area contributed by atoms with E-state index >= 15 is 0 Å². The highest BCUT2D eigenvalue weighted by atomic mass is 16.5. The molecule has 5 atom stereocenters. The smallest absolute Gasteiger partial charge is 0.228 e. The molecule has 1 N–H and O–H groups in total. The normalized spacial score (nSPS) is 27.3. The van der Waals surface area contributed by atoms with Gasteiger partial charge in [0, 0.05) is 18.2 Å². The van der Waals surface area contributed by atoms with Crippen LogP contribution in [0, 0.1) is 17.8 Å². The first-order chi connectivity index (χ1) is 15.9. The summed E-state index contributed by atoms with van der Waals surface area (Å²) in [6.45, 7) is 4.48. The number of rotatable bonds is 6. The third-order valence-electron chi connectivity index (χ3n) is 7.50. The molecule has 1 saturated carbocycles. The summed E-state index contributed by atoms with van der Waals surface area (Å²) in [6, 6.07) is 14.9. The minimum absolute atomic E-state index is 0.0360. The molecule has 1 heterocycles. The van der Waals surface area contributed by atoms with E-state index in [2.05, 4.69) is 19.2 Å². The lowest BCUT2D eigenvalue weighted by atomic mass is 9.77. The Morgan fingerprint density at radius 1 is 0.939 bits per heavy atom. The Kier molecular flexibility index (Phi) is 6.91. The Balaban J connectivity index is 1.65. The zero-order valence-corrected chi connectivity index (χ0v) is 19.9. The van der Waals surface area contributed by atoms with Crippen LogP contribution in [0.15, 0.2) is 48.5 Å². The van der Waals surface area contributed by atoms with Gasteiger partial charge in [-0.05, 0) is 60.2 Å². The summed E-state index contributed by atoms with van der Waals surface area (Å²) in [5.74, 6) is 1.93. The van der Waals surface area contributed by atoms with Gasteiger partial charge >= 0.3 is 0 Å². The van der Waals surface area contributed by atoms with E-state index in [1.54, 1.807) is 19.1 Å². The van der Waals surface area contributed by atoms with Crippen molar-refractivity contribution >= 4 is 17.5 Å². The van der Waals surface area contributed by atoms with Gasteiger partial charge in [-0.25, -0.2) is 0 Å². The predicted molar refractivity (Wildman–Crippen MR) is 128 cm³/mol. The first-order valence-corrected chi connectivity index (χ1v) is 11.8. The summed E-state index contributed by atoms with van der Waals surface area (Å²) in [6.07, 6.45) is 3.51. The summed E-state index contributed by atoms with van der Waals surface area (Å²) in [5, 5.41) is 3.31. The van der Waals surface area contributed by atoms with E-state index in [9.17, 15) is 9.59 Å². The van der Waals surface area contributed by atoms with Crippen molar-refractivity contribution in [1.82, 2.24) is 5.32 Å². The van der Waals surface area contributed by atoms with Crippen LogP contribution in [-0.4, -0.2) is 32.1 Å². The highest BCUT2D eigenvalue weighted by molar-refractivity contribution is 6.01. The maximum absolute atomic E-state index is 13.6. The van der Waals surface area contributed by atoms with E-state index in [-0.39, 0.29) is 30.3 Å². The van der Waals surface area contributed by atoms with Crippen molar-refractivity contribution in [3.8, 4) is 11.5 Å². The molecular formula is C27H34N2O4. The zero-order chi connectivity index (χ0) is 23.5. The predicted octanol–water partition coefficient (Wildman–Crippen LogP) is 4.74. The third-order valence-corrected chi connectivity index (χ3v) is 7.50. The van der Waals surface area contributed by atoms with Crippen molar-refractivity contribution in [2.75, 3.05) is 19.1 Å². The molecule has 0 aromatic heterocycles. The first-order valence-electron chi connectivity index (χ1n) is 11.8. The molecule has 2 aromatic carbocycles. The second kappa shape index (κ2) is 9.86. The molecular weight excluding hydrogens is 416 g/mol. The van der Waals surface area contributed by atoms with Gasteiger partial charge < -0.3 is 19.7 Å². The lowest BCUT2D eigenvalue weighted by molar-refractivity contribution is -0.128. The molecule has 2 fully saturated rings. The molecule has 2 aliphatic rings. The van der Waals surface area contributed by atoms with Crippen molar-refractivity contribution in [2.24, 2.45) is 17.8 Å². The van der Waals surface area contributed by atoms with E-state index in [4.69, 9.17) is 9.47 Å². The first kappa shape index (κ1) is 23.1. The SMILES string of the molecule is COc1ccc([C@@H]2[C@H](C(=O)N[C@@H]3CCC[C@@H](C)[C@H]3C)CC(=O)N2c2ccc(OC)cc2)cc1. The van der Waals surface area contributed by atoms with Crippen LogP contribution in [-0.2, 0) is 9.59 Å². The van der Waals surface area contributed by atoms with Gasteiger partial charge in [0.05, 0.1) is 26.2 Å². The van der Waals surface area contributed by atoms with Gasteiger partial charge in [-0.15, -0.1) is 0 Å². The monoisotopic (exact) mass is 450 g/mol. The van der Waals surface area contributed by atoms with Gasteiger partial charge in [0.25, 0.3) is 0 Å². The molecule has 0 spiro atoms. The van der Waals surface area contributed by atoms with Gasteiger partial charge in [0.1, 0.15) is 11.5 Å². The maximum atomic E-state index is 13.6. The molecule has 1 aliphatic heterocycles. The van der Waals surface area contributed by atoms with E-state index < -0.39 is 5.92 Å². The standard InChI is InChI=1S/C27H34N2O4/c1-17-6-5-7-24(18(17)2)28-27(31)23-16-25(30)29(20-10-14-22(33-4)15-11-20)26(23)19-8-12-21(32-3)13-9-19/h8-15,17-18,23-24,26H,5-7,16H2,1-4H3,(H,28,31)/t17-,18-,23-,24-,26-/m1/s1. The fourth-order valence-corrected chi connectivity index (χ4v) is 5.27. The highest BCUT2D eigenvalue weighted by Gasteiger charge is 2.46. The average molecular weight is 451 g/mol. The largest absolute Gasteiger partial charge is 0.497 e. The maximum Gasteiger partial charge on any atom is 0.228 e. The van der Waals surface area contributed by atoms with Crippen LogP contribution in [0.1, 0.15) is 51.1 Å². The Morgan fingerprint density at radius 3 is 2.15 bits per heavy atom. The minimum Gasteiger partial charge on any atom is -0.497 e. The van der Waals surface area contributed by atoms with Crippen LogP contribution in [0.4, 0.5) is 5.69 Å². The van der Waals surface area contributed by atoms with Gasteiger partial charge in [-0.2, -0.15) is 0 Å². The third kappa shape index (κ3) is 4.70. The highest BCUT2D eigenvalue weighted by Crippen LogP contribution is 2.42. The van der Waals surface area contributed by atoms with Crippen molar-refractivity contribution < 1.29 is 19.1 Å². The summed E-state index contributed by atoms with van der Waals surface area (Å²) in [4.78, 5) is 28.6. The number of methoxy groups -OCH3 is 2. The molecule has 1 aliphatic carbocycles. The topological polar surface area (TPSA) is 67.9 Å². The molecule has 176 valence electrons. The number of carbonyl (C=O) groups excluding carboxylic acids is 2.